The third-order valence-corrected chi connectivity index (χ3v) is 3.75. The number of hydrogen-bond donors (Lipinski definition) is 2. The van der Waals surface area contributed by atoms with Crippen molar-refractivity contribution in [2.75, 3.05) is 5.73 Å². The minimum atomic E-state index is -0.541. The van der Waals surface area contributed by atoms with Crippen molar-refractivity contribution in [1.82, 2.24) is 30.7 Å². The fourth-order valence-corrected chi connectivity index (χ4v) is 2.39. The molecule has 3 N–H and O–H groups in total. The Labute approximate surface area is 153 Å². The Balaban J connectivity index is 1.84. The number of nitrogens with one attached hydrogen (secondary N) is 1. The second-order valence-corrected chi connectivity index (χ2v) is 5.66. The first-order valence-electron chi connectivity index (χ1n) is 8.14. The van der Waals surface area contributed by atoms with Crippen LogP contribution in [0.5, 0.6) is 0 Å². The molecule has 0 aliphatic carbocycles. The van der Waals surface area contributed by atoms with E-state index in [0.717, 1.165) is 6.42 Å². The standard InChI is InChI=1S/C16H17FN8O2/c1-3-4-12-13(20-24-25(12)15-14(18)22-27-23-15)16(26)21-19-9(2)10-5-7-11(17)8-6-10/h5-8H,3-4H2,1-2H3,(H2,18,22)(H,21,26)/b19-9+. The van der Waals surface area contributed by atoms with Crippen molar-refractivity contribution < 1.29 is 13.8 Å². The van der Waals surface area contributed by atoms with Gasteiger partial charge in [-0.25, -0.2) is 14.4 Å². The molecule has 2 heterocycles. The summed E-state index contributed by atoms with van der Waals surface area (Å²) in [5.74, 6) is -0.690. The van der Waals surface area contributed by atoms with E-state index in [9.17, 15) is 9.18 Å². The summed E-state index contributed by atoms with van der Waals surface area (Å²) in [5.41, 5.74) is 9.91. The molecule has 0 aliphatic heterocycles. The first-order valence-corrected chi connectivity index (χ1v) is 8.14. The van der Waals surface area contributed by atoms with Crippen molar-refractivity contribution in [1.29, 1.82) is 0 Å². The average molecular weight is 372 g/mol. The number of aromatic nitrogens is 5. The highest BCUT2D eigenvalue weighted by Gasteiger charge is 2.23. The summed E-state index contributed by atoms with van der Waals surface area (Å²) in [7, 11) is 0. The third kappa shape index (κ3) is 3.81. The lowest BCUT2D eigenvalue weighted by Crippen LogP contribution is -2.21. The first-order chi connectivity index (χ1) is 13.0. The molecular weight excluding hydrogens is 355 g/mol. The normalized spacial score (nSPS) is 11.6. The minimum absolute atomic E-state index is 0.0365. The molecule has 0 bridgehead atoms. The molecule has 0 spiro atoms. The molecule has 0 unspecified atom stereocenters. The van der Waals surface area contributed by atoms with E-state index >= 15 is 0 Å². The lowest BCUT2D eigenvalue weighted by molar-refractivity contribution is 0.0948. The smallest absolute Gasteiger partial charge is 0.293 e. The minimum Gasteiger partial charge on any atom is -0.378 e. The maximum atomic E-state index is 13.0. The van der Waals surface area contributed by atoms with E-state index in [1.165, 1.54) is 16.8 Å². The molecule has 2 aromatic heterocycles. The summed E-state index contributed by atoms with van der Waals surface area (Å²) in [5, 5.41) is 19.1. The molecule has 0 fully saturated rings. The van der Waals surface area contributed by atoms with Gasteiger partial charge in [-0.05, 0) is 41.4 Å². The van der Waals surface area contributed by atoms with Gasteiger partial charge in [0.05, 0.1) is 11.4 Å². The summed E-state index contributed by atoms with van der Waals surface area (Å²) in [4.78, 5) is 12.5. The van der Waals surface area contributed by atoms with Gasteiger partial charge in [0.15, 0.2) is 5.69 Å². The fourth-order valence-electron chi connectivity index (χ4n) is 2.39. The van der Waals surface area contributed by atoms with Gasteiger partial charge in [0.1, 0.15) is 5.82 Å². The van der Waals surface area contributed by atoms with Crippen molar-refractivity contribution in [3.05, 3.63) is 47.0 Å². The van der Waals surface area contributed by atoms with Crippen LogP contribution in [0.3, 0.4) is 0 Å². The molecule has 11 heteroatoms. The highest BCUT2D eigenvalue weighted by Crippen LogP contribution is 2.17. The van der Waals surface area contributed by atoms with Crippen LogP contribution in [-0.2, 0) is 6.42 Å². The molecular formula is C16H17FN8O2. The Kier molecular flexibility index (Phi) is 5.20. The third-order valence-electron chi connectivity index (χ3n) is 3.75. The van der Waals surface area contributed by atoms with Crippen molar-refractivity contribution in [2.24, 2.45) is 5.10 Å². The SMILES string of the molecule is CCCc1c(C(=O)N/N=C(\C)c2ccc(F)cc2)nnn1-c1nonc1N. The first kappa shape index (κ1) is 18.2. The molecule has 0 aliphatic rings. The summed E-state index contributed by atoms with van der Waals surface area (Å²) in [6.45, 7) is 3.64. The Morgan fingerprint density at radius 3 is 2.70 bits per heavy atom. The highest BCUT2D eigenvalue weighted by atomic mass is 19.1. The number of nitrogen functional groups attached to an aromatic ring is 1. The van der Waals surface area contributed by atoms with Gasteiger partial charge >= 0.3 is 0 Å². The van der Waals surface area contributed by atoms with Gasteiger partial charge in [-0.2, -0.15) is 9.78 Å². The number of nitrogens with two attached hydrogens (primary N) is 1. The van der Waals surface area contributed by atoms with Crippen molar-refractivity contribution in [3.8, 4) is 5.82 Å². The van der Waals surface area contributed by atoms with Crippen LogP contribution in [0.2, 0.25) is 0 Å². The number of hydrogen-bond acceptors (Lipinski definition) is 8. The molecule has 0 saturated carbocycles. The second-order valence-electron chi connectivity index (χ2n) is 5.66. The van der Waals surface area contributed by atoms with E-state index in [1.807, 2.05) is 6.92 Å². The Morgan fingerprint density at radius 2 is 2.07 bits per heavy atom. The van der Waals surface area contributed by atoms with E-state index < -0.39 is 5.91 Å². The van der Waals surface area contributed by atoms with Crippen molar-refractivity contribution in [2.45, 2.75) is 26.7 Å². The Hall–Kier alpha value is -3.63. The van der Waals surface area contributed by atoms with E-state index in [1.54, 1.807) is 19.1 Å². The molecule has 0 atom stereocenters. The number of carbonyl (C=O) groups excluding carboxylic acids is 1. The number of rotatable bonds is 6. The van der Waals surface area contributed by atoms with Crippen LogP contribution in [0.1, 0.15) is 42.0 Å². The van der Waals surface area contributed by atoms with E-state index in [2.05, 4.69) is 35.8 Å². The largest absolute Gasteiger partial charge is 0.378 e. The molecule has 0 radical (unpaired) electrons. The van der Waals surface area contributed by atoms with Gasteiger partial charge in [0.25, 0.3) is 5.91 Å². The highest BCUT2D eigenvalue weighted by molar-refractivity contribution is 6.00. The van der Waals surface area contributed by atoms with Gasteiger partial charge in [-0.1, -0.05) is 30.7 Å². The Morgan fingerprint density at radius 1 is 1.33 bits per heavy atom. The van der Waals surface area contributed by atoms with E-state index in [0.29, 0.717) is 23.4 Å². The van der Waals surface area contributed by atoms with Gasteiger partial charge in [-0.3, -0.25) is 4.79 Å². The van der Waals surface area contributed by atoms with Crippen LogP contribution >= 0.6 is 0 Å². The van der Waals surface area contributed by atoms with Gasteiger partial charge in [0.2, 0.25) is 11.6 Å². The summed E-state index contributed by atoms with van der Waals surface area (Å²) >= 11 is 0. The molecule has 3 aromatic rings. The number of nitrogens with zero attached hydrogens (tertiary/aromatic N) is 6. The maximum Gasteiger partial charge on any atom is 0.293 e. The number of hydrazone groups is 1. The van der Waals surface area contributed by atoms with Crippen LogP contribution in [-0.4, -0.2) is 36.9 Å². The molecule has 3 rings (SSSR count). The zero-order valence-corrected chi connectivity index (χ0v) is 14.7. The quantitative estimate of drug-likeness (QED) is 0.494. The van der Waals surface area contributed by atoms with Crippen molar-refractivity contribution in [3.63, 3.8) is 0 Å². The van der Waals surface area contributed by atoms with E-state index in [-0.39, 0.29) is 23.1 Å². The molecule has 1 amide bonds. The summed E-state index contributed by atoms with van der Waals surface area (Å²) in [6, 6.07) is 5.77. The predicted molar refractivity (Wildman–Crippen MR) is 93.7 cm³/mol. The van der Waals surface area contributed by atoms with Crippen LogP contribution in [0.15, 0.2) is 34.0 Å². The second kappa shape index (κ2) is 7.72. The van der Waals surface area contributed by atoms with Crippen molar-refractivity contribution >= 4 is 17.4 Å². The fraction of sp³-hybridized carbons (Fsp3) is 0.250. The van der Waals surface area contributed by atoms with Gasteiger partial charge in [-0.15, -0.1) is 5.10 Å². The van der Waals surface area contributed by atoms with Crippen LogP contribution in [0.25, 0.3) is 5.82 Å². The zero-order chi connectivity index (χ0) is 19.4. The number of amides is 1. The van der Waals surface area contributed by atoms with E-state index in [4.69, 9.17) is 5.73 Å². The number of halogens is 1. The van der Waals surface area contributed by atoms with Crippen LogP contribution < -0.4 is 11.2 Å². The molecule has 10 nitrogen and oxygen atoms in total. The maximum absolute atomic E-state index is 13.0. The molecule has 27 heavy (non-hydrogen) atoms. The van der Waals surface area contributed by atoms with Gasteiger partial charge < -0.3 is 5.73 Å². The topological polar surface area (TPSA) is 137 Å². The Bertz CT molecular complexity index is 977. The lowest BCUT2D eigenvalue weighted by Gasteiger charge is -2.04. The molecule has 1 aromatic carbocycles. The molecule has 0 saturated heterocycles. The summed E-state index contributed by atoms with van der Waals surface area (Å²) < 4.78 is 18.9. The number of carbonyl (C=O) groups is 1. The predicted octanol–water partition coefficient (Wildman–Crippen LogP) is 1.48. The van der Waals surface area contributed by atoms with Gasteiger partial charge in [0, 0.05) is 0 Å². The number of benzene rings is 1. The summed E-state index contributed by atoms with van der Waals surface area (Å²) in [6.07, 6.45) is 1.24. The molecule has 140 valence electrons. The zero-order valence-electron chi connectivity index (χ0n) is 14.7. The lowest BCUT2D eigenvalue weighted by atomic mass is 10.1. The number of anilines is 1. The van der Waals surface area contributed by atoms with Crippen LogP contribution in [0, 0.1) is 5.82 Å². The van der Waals surface area contributed by atoms with Crippen LogP contribution in [0.4, 0.5) is 10.2 Å². The average Bonchev–Trinajstić information content (AvgIpc) is 3.26. The monoisotopic (exact) mass is 372 g/mol.